The van der Waals surface area contributed by atoms with Crippen molar-refractivity contribution < 1.29 is 9.53 Å². The Bertz CT molecular complexity index is 1450. The first-order valence-corrected chi connectivity index (χ1v) is 13.5. The van der Waals surface area contributed by atoms with Gasteiger partial charge in [0, 0.05) is 37.3 Å². The lowest BCUT2D eigenvalue weighted by Gasteiger charge is -2.35. The molecule has 0 bridgehead atoms. The van der Waals surface area contributed by atoms with Crippen molar-refractivity contribution in [1.82, 2.24) is 19.0 Å². The third-order valence-electron chi connectivity index (χ3n) is 7.80. The number of amides is 1. The molecule has 1 fully saturated rings. The number of aromatic nitrogens is 3. The van der Waals surface area contributed by atoms with Crippen LogP contribution in [0.5, 0.6) is 5.75 Å². The van der Waals surface area contributed by atoms with Gasteiger partial charge in [-0.1, -0.05) is 35.6 Å². The minimum atomic E-state index is 0.0195. The Hall–Kier alpha value is -3.39. The van der Waals surface area contributed by atoms with Crippen molar-refractivity contribution >= 4 is 27.5 Å². The number of hydrogen-bond acceptors (Lipinski definition) is 5. The standard InChI is InChI=1S/C28H30N4O3S/c1-35-24-7-4-5-19-9-10-21(17-22(19)24)27(33)30-14-11-20(12-15-30)26-29-13-16-31(26)18-32-23-6-2-3-8-25(23)36-28(32)34/h2-8,13,16,20-21H,9-12,14-15,17-18H2,1H3. The van der Waals surface area contributed by atoms with Crippen LogP contribution < -0.4 is 9.61 Å². The Morgan fingerprint density at radius 2 is 1.94 bits per heavy atom. The van der Waals surface area contributed by atoms with Gasteiger partial charge in [0.15, 0.2) is 0 Å². The van der Waals surface area contributed by atoms with Crippen molar-refractivity contribution in [2.24, 2.45) is 5.92 Å². The van der Waals surface area contributed by atoms with E-state index in [0.29, 0.717) is 6.67 Å². The molecule has 1 aliphatic heterocycles. The molecule has 2 aromatic heterocycles. The van der Waals surface area contributed by atoms with E-state index in [0.717, 1.165) is 67.0 Å². The number of likely N-dealkylation sites (tertiary alicyclic amines) is 1. The number of rotatable bonds is 5. The molecule has 1 saturated heterocycles. The summed E-state index contributed by atoms with van der Waals surface area (Å²) in [5, 5.41) is 0. The largest absolute Gasteiger partial charge is 0.496 e. The number of carbonyl (C=O) groups is 1. The first-order valence-electron chi connectivity index (χ1n) is 12.7. The number of hydrogen-bond donors (Lipinski definition) is 0. The Morgan fingerprint density at radius 3 is 2.78 bits per heavy atom. The normalized spacial score (nSPS) is 18.4. The number of aryl methyl sites for hydroxylation is 1. The van der Waals surface area contributed by atoms with Gasteiger partial charge < -0.3 is 14.2 Å². The number of thiazole rings is 1. The van der Waals surface area contributed by atoms with Gasteiger partial charge in [0.1, 0.15) is 18.2 Å². The molecule has 1 amide bonds. The maximum Gasteiger partial charge on any atom is 0.309 e. The van der Waals surface area contributed by atoms with Crippen molar-refractivity contribution in [3.63, 3.8) is 0 Å². The molecule has 6 rings (SSSR count). The van der Waals surface area contributed by atoms with Crippen LogP contribution in [0.15, 0.2) is 59.7 Å². The maximum atomic E-state index is 13.4. The lowest BCUT2D eigenvalue weighted by Crippen LogP contribution is -2.43. The van der Waals surface area contributed by atoms with E-state index in [1.54, 1.807) is 7.11 Å². The minimum absolute atomic E-state index is 0.0195. The molecule has 1 aliphatic carbocycles. The second-order valence-corrected chi connectivity index (χ2v) is 10.8. The predicted octanol–water partition coefficient (Wildman–Crippen LogP) is 4.29. The predicted molar refractivity (Wildman–Crippen MR) is 141 cm³/mol. The smallest absolute Gasteiger partial charge is 0.309 e. The molecular formula is C28H30N4O3S. The van der Waals surface area contributed by atoms with Gasteiger partial charge in [0.05, 0.1) is 17.3 Å². The molecule has 2 aromatic carbocycles. The Balaban J connectivity index is 1.13. The topological polar surface area (TPSA) is 69.4 Å². The molecule has 36 heavy (non-hydrogen) atoms. The van der Waals surface area contributed by atoms with E-state index in [-0.39, 0.29) is 22.6 Å². The van der Waals surface area contributed by atoms with Crippen LogP contribution in [0.2, 0.25) is 0 Å². The summed E-state index contributed by atoms with van der Waals surface area (Å²) in [5.74, 6) is 2.46. The van der Waals surface area contributed by atoms with Gasteiger partial charge in [-0.25, -0.2) is 4.98 Å². The molecule has 0 radical (unpaired) electrons. The quantitative estimate of drug-likeness (QED) is 0.408. The van der Waals surface area contributed by atoms with Crippen molar-refractivity contribution in [3.05, 3.63) is 81.5 Å². The molecule has 4 aromatic rings. The van der Waals surface area contributed by atoms with Crippen LogP contribution in [0, 0.1) is 5.92 Å². The summed E-state index contributed by atoms with van der Waals surface area (Å²) in [6.45, 7) is 1.95. The fourth-order valence-corrected chi connectivity index (χ4v) is 6.76. The average molecular weight is 503 g/mol. The molecule has 8 heteroatoms. The molecule has 186 valence electrons. The molecule has 2 aliphatic rings. The highest BCUT2D eigenvalue weighted by molar-refractivity contribution is 7.16. The fourth-order valence-electron chi connectivity index (χ4n) is 5.87. The van der Waals surface area contributed by atoms with Gasteiger partial charge in [-0.05, 0) is 61.4 Å². The number of fused-ring (bicyclic) bond motifs is 2. The molecule has 0 N–H and O–H groups in total. The number of para-hydroxylation sites is 1. The van der Waals surface area contributed by atoms with E-state index in [1.807, 2.05) is 58.3 Å². The number of nitrogens with zero attached hydrogens (tertiary/aromatic N) is 4. The monoisotopic (exact) mass is 502 g/mol. The number of benzene rings is 2. The lowest BCUT2D eigenvalue weighted by atomic mass is 9.82. The van der Waals surface area contributed by atoms with Crippen LogP contribution in [0.25, 0.3) is 10.2 Å². The molecule has 0 saturated carbocycles. The van der Waals surface area contributed by atoms with Crippen molar-refractivity contribution in [3.8, 4) is 5.75 Å². The fraction of sp³-hybridized carbons (Fsp3) is 0.393. The van der Waals surface area contributed by atoms with Crippen molar-refractivity contribution in [2.75, 3.05) is 20.2 Å². The lowest BCUT2D eigenvalue weighted by molar-refractivity contribution is -0.137. The number of imidazole rings is 1. The van der Waals surface area contributed by atoms with Gasteiger partial charge in [-0.15, -0.1) is 0 Å². The Kier molecular flexibility index (Phi) is 6.13. The van der Waals surface area contributed by atoms with E-state index in [1.165, 1.54) is 22.5 Å². The maximum absolute atomic E-state index is 13.4. The average Bonchev–Trinajstić information content (AvgIpc) is 3.52. The van der Waals surface area contributed by atoms with E-state index in [9.17, 15) is 9.59 Å². The highest BCUT2D eigenvalue weighted by Gasteiger charge is 2.33. The first kappa shape index (κ1) is 23.0. The summed E-state index contributed by atoms with van der Waals surface area (Å²) >= 11 is 1.28. The Morgan fingerprint density at radius 1 is 1.11 bits per heavy atom. The van der Waals surface area contributed by atoms with Gasteiger partial charge in [-0.2, -0.15) is 0 Å². The Labute approximate surface area is 214 Å². The van der Waals surface area contributed by atoms with Crippen LogP contribution in [-0.2, 0) is 24.3 Å². The molecule has 0 spiro atoms. The zero-order chi connectivity index (χ0) is 24.6. The highest BCUT2D eigenvalue weighted by Crippen LogP contribution is 2.34. The third-order valence-corrected chi connectivity index (χ3v) is 8.76. The van der Waals surface area contributed by atoms with Gasteiger partial charge in [0.2, 0.25) is 5.91 Å². The zero-order valence-electron chi connectivity index (χ0n) is 20.4. The van der Waals surface area contributed by atoms with Crippen molar-refractivity contribution in [2.45, 2.75) is 44.7 Å². The van der Waals surface area contributed by atoms with E-state index in [4.69, 9.17) is 4.74 Å². The summed E-state index contributed by atoms with van der Waals surface area (Å²) < 4.78 is 10.5. The molecule has 1 atom stereocenters. The molecule has 1 unspecified atom stereocenters. The van der Waals surface area contributed by atoms with Crippen LogP contribution in [0.4, 0.5) is 0 Å². The summed E-state index contributed by atoms with van der Waals surface area (Å²) in [6.07, 6.45) is 8.12. The zero-order valence-corrected chi connectivity index (χ0v) is 21.2. The van der Waals surface area contributed by atoms with Crippen LogP contribution in [0.1, 0.15) is 42.1 Å². The number of methoxy groups -OCH3 is 1. The second-order valence-electron chi connectivity index (χ2n) is 9.80. The van der Waals surface area contributed by atoms with E-state index >= 15 is 0 Å². The summed E-state index contributed by atoms with van der Waals surface area (Å²) in [6, 6.07) is 14.1. The van der Waals surface area contributed by atoms with Gasteiger partial charge >= 0.3 is 4.87 Å². The highest BCUT2D eigenvalue weighted by atomic mass is 32.1. The number of carbonyl (C=O) groups excluding carboxylic acids is 1. The van der Waals surface area contributed by atoms with Gasteiger partial charge in [-0.3, -0.25) is 14.2 Å². The molecule has 7 nitrogen and oxygen atoms in total. The van der Waals surface area contributed by atoms with Crippen LogP contribution in [-0.4, -0.2) is 45.1 Å². The van der Waals surface area contributed by atoms with Crippen LogP contribution in [0.3, 0.4) is 0 Å². The summed E-state index contributed by atoms with van der Waals surface area (Å²) in [5.41, 5.74) is 3.46. The first-order chi connectivity index (χ1) is 17.6. The molecular weight excluding hydrogens is 472 g/mol. The number of piperidine rings is 1. The second kappa shape index (κ2) is 9.58. The van der Waals surface area contributed by atoms with E-state index < -0.39 is 0 Å². The minimum Gasteiger partial charge on any atom is -0.496 e. The number of ether oxygens (including phenoxy) is 1. The van der Waals surface area contributed by atoms with Gasteiger partial charge in [0.25, 0.3) is 0 Å². The summed E-state index contributed by atoms with van der Waals surface area (Å²) in [4.78, 5) is 32.8. The van der Waals surface area contributed by atoms with Crippen LogP contribution >= 0.6 is 11.3 Å². The van der Waals surface area contributed by atoms with Crippen molar-refractivity contribution in [1.29, 1.82) is 0 Å². The SMILES string of the molecule is COc1cccc2c1CC(C(=O)N1CCC(c3nccn3Cn3c(=O)sc4ccccc43)CC1)CC2. The molecule has 3 heterocycles. The summed E-state index contributed by atoms with van der Waals surface area (Å²) in [7, 11) is 1.70. The third kappa shape index (κ3) is 4.13. The van der Waals surface area contributed by atoms with E-state index in [2.05, 4.69) is 15.6 Å².